The second kappa shape index (κ2) is 8.00. The van der Waals surface area contributed by atoms with Crippen LogP contribution in [0.3, 0.4) is 0 Å². The molecule has 0 spiro atoms. The summed E-state index contributed by atoms with van der Waals surface area (Å²) in [6.45, 7) is 24.1. The second-order valence-corrected chi connectivity index (χ2v) is 12.5. The summed E-state index contributed by atoms with van der Waals surface area (Å²) in [4.78, 5) is 26.9. The molecule has 37 heavy (non-hydrogen) atoms. The number of carbonyl (C=O) groups excluding carboxylic acids is 2. The first-order valence-electron chi connectivity index (χ1n) is 13.6. The Kier molecular flexibility index (Phi) is 5.54. The summed E-state index contributed by atoms with van der Waals surface area (Å²) in [5, 5.41) is 0. The number of allylic oxidation sites excluding steroid dienone is 5. The van der Waals surface area contributed by atoms with E-state index < -0.39 is 5.41 Å². The number of Topliss-reactive ketones (excluding diaryl/α,β-unsaturated/α-hetero) is 2. The van der Waals surface area contributed by atoms with Gasteiger partial charge < -0.3 is 0 Å². The third-order valence-corrected chi connectivity index (χ3v) is 11.3. The molecule has 3 aliphatic carbocycles. The fraction of sp³-hybridized carbons (Fsp3) is 0.429. The van der Waals surface area contributed by atoms with E-state index in [1.165, 1.54) is 40.3 Å². The van der Waals surface area contributed by atoms with Gasteiger partial charge in [0.15, 0.2) is 11.6 Å². The molecule has 2 aromatic rings. The fourth-order valence-electron chi connectivity index (χ4n) is 8.71. The first kappa shape index (κ1) is 25.6. The summed E-state index contributed by atoms with van der Waals surface area (Å²) in [7, 11) is 0. The third kappa shape index (κ3) is 2.93. The molecule has 0 fully saturated rings. The van der Waals surface area contributed by atoms with Crippen LogP contribution in [0.2, 0.25) is 0 Å². The minimum absolute atomic E-state index is 0.00819. The summed E-state index contributed by atoms with van der Waals surface area (Å²) in [6, 6.07) is 15.1. The van der Waals surface area contributed by atoms with Crippen LogP contribution < -0.4 is 0 Å². The second-order valence-electron chi connectivity index (χ2n) is 12.5. The maximum absolute atomic E-state index is 14.3. The van der Waals surface area contributed by atoms with Gasteiger partial charge in [-0.1, -0.05) is 87.9 Å². The van der Waals surface area contributed by atoms with Gasteiger partial charge >= 0.3 is 0 Å². The maximum Gasteiger partial charge on any atom is 0.176 e. The molecule has 0 radical (unpaired) electrons. The van der Waals surface area contributed by atoms with Crippen molar-refractivity contribution in [1.29, 1.82) is 0 Å². The van der Waals surface area contributed by atoms with Gasteiger partial charge in [0, 0.05) is 5.41 Å². The molecule has 2 aromatic carbocycles. The predicted molar refractivity (Wildman–Crippen MR) is 153 cm³/mol. The molecular formula is C35H40O2. The molecule has 0 unspecified atom stereocenters. The Balaban J connectivity index is 1.82. The van der Waals surface area contributed by atoms with Crippen LogP contribution in [-0.2, 0) is 9.59 Å². The molecule has 5 atom stereocenters. The molecule has 2 nitrogen and oxygen atoms in total. The van der Waals surface area contributed by atoms with E-state index in [0.717, 1.165) is 23.1 Å². The highest BCUT2D eigenvalue weighted by Crippen LogP contribution is 2.72. The smallest absolute Gasteiger partial charge is 0.176 e. The van der Waals surface area contributed by atoms with Gasteiger partial charge in [0.1, 0.15) is 0 Å². The van der Waals surface area contributed by atoms with Crippen LogP contribution in [-0.4, -0.2) is 11.6 Å². The van der Waals surface area contributed by atoms with E-state index in [9.17, 15) is 9.59 Å². The van der Waals surface area contributed by atoms with Gasteiger partial charge in [-0.3, -0.25) is 9.59 Å². The Bertz CT molecular complexity index is 1450. The van der Waals surface area contributed by atoms with Crippen molar-refractivity contribution in [3.63, 3.8) is 0 Å². The van der Waals surface area contributed by atoms with Crippen molar-refractivity contribution in [1.82, 2.24) is 0 Å². The van der Waals surface area contributed by atoms with Crippen molar-refractivity contribution in [2.75, 3.05) is 0 Å². The quantitative estimate of drug-likeness (QED) is 0.393. The van der Waals surface area contributed by atoms with Crippen LogP contribution in [0.1, 0.15) is 84.4 Å². The molecular weight excluding hydrogens is 452 g/mol. The molecule has 0 bridgehead atoms. The van der Waals surface area contributed by atoms with Gasteiger partial charge in [0.05, 0.1) is 11.0 Å². The highest BCUT2D eigenvalue weighted by molar-refractivity contribution is 6.23. The van der Waals surface area contributed by atoms with Crippen LogP contribution in [0.5, 0.6) is 0 Å². The SMILES string of the molecule is C=C1C2=C(C)[C@@]3(C)C(=O)C(C(C)=O)=C(C)C[C@@]3(C)[C@H](C)[C@@]2(C)[C@H](C)c2ccc(-c3ccccc3)c(C)c21. The van der Waals surface area contributed by atoms with E-state index in [1.54, 1.807) is 0 Å². The number of hydrogen-bond acceptors (Lipinski definition) is 2. The van der Waals surface area contributed by atoms with E-state index in [4.69, 9.17) is 6.58 Å². The van der Waals surface area contributed by atoms with Crippen LogP contribution in [0, 0.1) is 29.1 Å². The minimum atomic E-state index is -0.757. The van der Waals surface area contributed by atoms with Crippen LogP contribution >= 0.6 is 0 Å². The zero-order chi connectivity index (χ0) is 27.2. The average Bonchev–Trinajstić information content (AvgIpc) is 2.84. The van der Waals surface area contributed by atoms with E-state index in [2.05, 4.69) is 84.9 Å². The van der Waals surface area contributed by atoms with Crippen molar-refractivity contribution in [2.24, 2.45) is 22.2 Å². The number of benzene rings is 2. The van der Waals surface area contributed by atoms with E-state index >= 15 is 0 Å². The maximum atomic E-state index is 14.3. The van der Waals surface area contributed by atoms with Crippen LogP contribution in [0.25, 0.3) is 16.7 Å². The van der Waals surface area contributed by atoms with Gasteiger partial charge in [0.2, 0.25) is 0 Å². The molecule has 2 heteroatoms. The van der Waals surface area contributed by atoms with Gasteiger partial charge in [0.25, 0.3) is 0 Å². The lowest BCUT2D eigenvalue weighted by Crippen LogP contribution is -2.61. The molecule has 192 valence electrons. The third-order valence-electron chi connectivity index (χ3n) is 11.3. The lowest BCUT2D eigenvalue weighted by atomic mass is 9.37. The van der Waals surface area contributed by atoms with Gasteiger partial charge in [-0.2, -0.15) is 0 Å². The summed E-state index contributed by atoms with van der Waals surface area (Å²) < 4.78 is 0. The number of hydrogen-bond donors (Lipinski definition) is 0. The molecule has 5 rings (SSSR count). The zero-order valence-electron chi connectivity index (χ0n) is 23.9. The number of fused-ring (bicyclic) bond motifs is 3. The highest BCUT2D eigenvalue weighted by atomic mass is 16.1. The fourth-order valence-corrected chi connectivity index (χ4v) is 8.71. The van der Waals surface area contributed by atoms with Gasteiger partial charge in [-0.25, -0.2) is 0 Å². The van der Waals surface area contributed by atoms with Crippen molar-refractivity contribution < 1.29 is 9.59 Å². The van der Waals surface area contributed by atoms with Gasteiger partial charge in [-0.15, -0.1) is 0 Å². The Labute approximate surface area is 222 Å². The van der Waals surface area contributed by atoms with Crippen molar-refractivity contribution in [3.05, 3.63) is 88.0 Å². The normalized spacial score (nSPS) is 33.2. The zero-order valence-corrected chi connectivity index (χ0v) is 23.9. The van der Waals surface area contributed by atoms with Crippen LogP contribution in [0.15, 0.2) is 71.3 Å². The topological polar surface area (TPSA) is 34.1 Å². The standard InChI is InChI=1S/C35H40O2/c1-19-18-33(8)25(7)34(9)22(4)28-17-16-27(26-14-12-11-13-15-26)20(2)30(28)21(3)31(34)23(5)35(33,10)32(37)29(19)24(6)36/h11-17,22,25H,3,18H2,1-2,4-10H3/t22-,25+,33+,34-,35+/m1/s1. The number of ketones is 2. The summed E-state index contributed by atoms with van der Waals surface area (Å²) in [5.74, 6) is 0.330. The molecule has 0 amide bonds. The Morgan fingerprint density at radius 2 is 1.59 bits per heavy atom. The lowest BCUT2D eigenvalue weighted by molar-refractivity contribution is -0.139. The van der Waals surface area contributed by atoms with Gasteiger partial charge in [-0.05, 0) is 97.3 Å². The van der Waals surface area contributed by atoms with E-state index in [0.29, 0.717) is 5.57 Å². The van der Waals surface area contributed by atoms with Crippen molar-refractivity contribution >= 4 is 17.1 Å². The lowest BCUT2D eigenvalue weighted by Gasteiger charge is -2.65. The molecule has 0 N–H and O–H groups in total. The first-order valence-corrected chi connectivity index (χ1v) is 13.6. The largest absolute Gasteiger partial charge is 0.294 e. The van der Waals surface area contributed by atoms with Crippen molar-refractivity contribution in [3.8, 4) is 11.1 Å². The van der Waals surface area contributed by atoms with Crippen molar-refractivity contribution in [2.45, 2.75) is 74.7 Å². The molecule has 3 aliphatic rings. The monoisotopic (exact) mass is 492 g/mol. The average molecular weight is 493 g/mol. The van der Waals surface area contributed by atoms with Crippen LogP contribution in [0.4, 0.5) is 0 Å². The van der Waals surface area contributed by atoms with E-state index in [1.807, 2.05) is 13.0 Å². The van der Waals surface area contributed by atoms with E-state index in [-0.39, 0.29) is 34.2 Å². The summed E-state index contributed by atoms with van der Waals surface area (Å²) >= 11 is 0. The summed E-state index contributed by atoms with van der Waals surface area (Å²) in [6.07, 6.45) is 0.754. The summed E-state index contributed by atoms with van der Waals surface area (Å²) in [5.41, 5.74) is 9.71. The molecule has 0 saturated carbocycles. The molecule has 0 aromatic heterocycles. The first-order chi connectivity index (χ1) is 17.2. The predicted octanol–water partition coefficient (Wildman–Crippen LogP) is 8.66. The Morgan fingerprint density at radius 3 is 2.19 bits per heavy atom. The highest BCUT2D eigenvalue weighted by Gasteiger charge is 2.67. The number of carbonyl (C=O) groups is 2. The number of rotatable bonds is 2. The Hall–Kier alpha value is -3.00. The Morgan fingerprint density at radius 1 is 0.973 bits per heavy atom. The molecule has 0 saturated heterocycles. The minimum Gasteiger partial charge on any atom is -0.294 e. The molecule has 0 aliphatic heterocycles. The molecule has 0 heterocycles.